The van der Waals surface area contributed by atoms with Crippen LogP contribution in [-0.4, -0.2) is 44.8 Å². The zero-order valence-corrected chi connectivity index (χ0v) is 21.8. The van der Waals surface area contributed by atoms with Crippen LogP contribution in [0.5, 0.6) is 0 Å². The molecule has 0 atom stereocenters. The van der Waals surface area contributed by atoms with Gasteiger partial charge in [0.1, 0.15) is 0 Å². The molecule has 7 nitrogen and oxygen atoms in total. The van der Waals surface area contributed by atoms with Crippen LogP contribution in [0.3, 0.4) is 0 Å². The number of amides is 2. The molecule has 1 saturated heterocycles. The van der Waals surface area contributed by atoms with E-state index in [1.807, 2.05) is 29.0 Å². The molecule has 4 saturated carbocycles. The summed E-state index contributed by atoms with van der Waals surface area (Å²) in [6.07, 6.45) is 13.4. The number of amidine groups is 1. The summed E-state index contributed by atoms with van der Waals surface area (Å²) in [5.74, 6) is 1.95. The van der Waals surface area contributed by atoms with Crippen molar-refractivity contribution in [2.45, 2.75) is 56.8 Å². The molecule has 5 fully saturated rings. The number of rotatable bonds is 4. The summed E-state index contributed by atoms with van der Waals surface area (Å²) in [4.78, 5) is 31.8. The highest BCUT2D eigenvalue weighted by Crippen LogP contribution is 2.61. The standard InChI is InChI=1S/C29H33N5O2S/c30-26(35)21-6-8-33(9-7-21)28-31-27(36)24(37-28)13-22-17-34(23-4-2-1-3-5-23)32-25(22)29-14-18-10-19(15-29)12-20(11-18)16-29/h1-5,13,17-21H,6-12,14-16H2,(H2,30,35). The number of para-hydroxylation sites is 1. The highest BCUT2D eigenvalue weighted by Gasteiger charge is 2.53. The minimum Gasteiger partial charge on any atom is -0.369 e. The first kappa shape index (κ1) is 23.3. The number of hydrogen-bond donors (Lipinski definition) is 1. The highest BCUT2D eigenvalue weighted by molar-refractivity contribution is 8.18. The van der Waals surface area contributed by atoms with E-state index in [1.54, 1.807) is 0 Å². The molecule has 4 bridgehead atoms. The number of aliphatic imine (C=N–C) groups is 1. The van der Waals surface area contributed by atoms with E-state index in [1.165, 1.54) is 56.0 Å². The fourth-order valence-electron chi connectivity index (χ4n) is 8.05. The fourth-order valence-corrected chi connectivity index (χ4v) is 9.00. The van der Waals surface area contributed by atoms with Crippen molar-refractivity contribution in [3.8, 4) is 5.69 Å². The maximum Gasteiger partial charge on any atom is 0.286 e. The van der Waals surface area contributed by atoms with Gasteiger partial charge in [0.25, 0.3) is 5.91 Å². The van der Waals surface area contributed by atoms with E-state index in [4.69, 9.17) is 10.8 Å². The van der Waals surface area contributed by atoms with Crippen molar-refractivity contribution in [2.24, 2.45) is 34.4 Å². The minimum absolute atomic E-state index is 0.0827. The number of carbonyl (C=O) groups is 2. The molecule has 2 amide bonds. The number of primary amides is 1. The molecule has 6 aliphatic rings. The largest absolute Gasteiger partial charge is 0.369 e. The van der Waals surface area contributed by atoms with Crippen molar-refractivity contribution in [2.75, 3.05) is 13.1 Å². The lowest BCUT2D eigenvalue weighted by Crippen LogP contribution is -2.49. The van der Waals surface area contributed by atoms with Gasteiger partial charge in [0.2, 0.25) is 5.91 Å². The average molecular weight is 516 g/mol. The number of likely N-dealkylation sites (tertiary alicyclic amines) is 1. The number of nitrogens with zero attached hydrogens (tertiary/aromatic N) is 4. The van der Waals surface area contributed by atoms with Crippen LogP contribution in [-0.2, 0) is 15.0 Å². The second kappa shape index (κ2) is 8.86. The van der Waals surface area contributed by atoms with E-state index in [0.717, 1.165) is 34.2 Å². The van der Waals surface area contributed by atoms with Crippen molar-refractivity contribution >= 4 is 34.8 Å². The Morgan fingerprint density at radius 2 is 1.68 bits per heavy atom. The van der Waals surface area contributed by atoms with Crippen LogP contribution in [0.25, 0.3) is 11.8 Å². The molecule has 0 spiro atoms. The second-order valence-electron chi connectivity index (χ2n) is 11.9. The number of aromatic nitrogens is 2. The predicted octanol–water partition coefficient (Wildman–Crippen LogP) is 4.51. The van der Waals surface area contributed by atoms with Gasteiger partial charge in [-0.3, -0.25) is 9.59 Å². The zero-order chi connectivity index (χ0) is 25.1. The van der Waals surface area contributed by atoms with Crippen LogP contribution >= 0.6 is 11.8 Å². The number of piperidine rings is 1. The second-order valence-corrected chi connectivity index (χ2v) is 12.9. The molecule has 1 aromatic heterocycles. The summed E-state index contributed by atoms with van der Waals surface area (Å²) in [5, 5.41) is 5.97. The van der Waals surface area contributed by atoms with Gasteiger partial charge in [-0.2, -0.15) is 10.1 Å². The lowest BCUT2D eigenvalue weighted by molar-refractivity contribution is -0.123. The van der Waals surface area contributed by atoms with Crippen molar-refractivity contribution in [3.63, 3.8) is 0 Å². The molecule has 8 heteroatoms. The van der Waals surface area contributed by atoms with E-state index >= 15 is 0 Å². The zero-order valence-electron chi connectivity index (χ0n) is 21.0. The SMILES string of the molecule is NC(=O)C1CCN(C2=NC(=O)C(=Cc3cn(-c4ccccc4)nc3C34CC5CC(CC(C5)C3)C4)S2)CC1. The summed E-state index contributed by atoms with van der Waals surface area (Å²) >= 11 is 1.45. The number of hydrogen-bond acceptors (Lipinski definition) is 5. The van der Waals surface area contributed by atoms with Crippen molar-refractivity contribution in [1.29, 1.82) is 0 Å². The first-order chi connectivity index (χ1) is 18.0. The van der Waals surface area contributed by atoms with Gasteiger partial charge in [-0.1, -0.05) is 18.2 Å². The Morgan fingerprint density at radius 3 is 2.30 bits per heavy atom. The summed E-state index contributed by atoms with van der Waals surface area (Å²) in [5.41, 5.74) is 8.89. The lowest BCUT2D eigenvalue weighted by Gasteiger charge is -2.56. The molecule has 37 heavy (non-hydrogen) atoms. The van der Waals surface area contributed by atoms with Crippen molar-refractivity contribution in [3.05, 3.63) is 52.7 Å². The van der Waals surface area contributed by atoms with Crippen LogP contribution in [0.15, 0.2) is 46.4 Å². The number of carbonyl (C=O) groups excluding carboxylic acids is 2. The van der Waals surface area contributed by atoms with Gasteiger partial charge >= 0.3 is 0 Å². The quantitative estimate of drug-likeness (QED) is 0.605. The molecule has 192 valence electrons. The third kappa shape index (κ3) is 4.13. The van der Waals surface area contributed by atoms with E-state index in [-0.39, 0.29) is 23.1 Å². The third-order valence-electron chi connectivity index (χ3n) is 9.37. The normalized spacial score (nSPS) is 32.4. The summed E-state index contributed by atoms with van der Waals surface area (Å²) < 4.78 is 2.00. The average Bonchev–Trinajstić information content (AvgIpc) is 3.48. The van der Waals surface area contributed by atoms with Gasteiger partial charge in [-0.05, 0) is 99.1 Å². The van der Waals surface area contributed by atoms with Crippen molar-refractivity contribution in [1.82, 2.24) is 14.7 Å². The Labute approximate surface area is 221 Å². The topological polar surface area (TPSA) is 93.6 Å². The molecule has 4 aliphatic carbocycles. The molecule has 2 aliphatic heterocycles. The van der Waals surface area contributed by atoms with E-state index in [0.29, 0.717) is 30.8 Å². The van der Waals surface area contributed by atoms with Crippen LogP contribution in [0.1, 0.15) is 62.6 Å². The Kier molecular flexibility index (Phi) is 5.57. The van der Waals surface area contributed by atoms with Crippen LogP contribution < -0.4 is 5.73 Å². The van der Waals surface area contributed by atoms with E-state index in [9.17, 15) is 9.59 Å². The summed E-state index contributed by atoms with van der Waals surface area (Å²) in [6.45, 7) is 1.40. The molecule has 8 rings (SSSR count). The summed E-state index contributed by atoms with van der Waals surface area (Å²) in [6, 6.07) is 10.3. The maximum atomic E-state index is 13.0. The van der Waals surface area contributed by atoms with Gasteiger partial charge in [0.05, 0.1) is 16.3 Å². The molecule has 3 heterocycles. The molecule has 2 aromatic rings. The molecular weight excluding hydrogens is 482 g/mol. The molecule has 2 N–H and O–H groups in total. The van der Waals surface area contributed by atoms with Gasteiger partial charge in [-0.15, -0.1) is 0 Å². The molecule has 0 unspecified atom stereocenters. The molecular formula is C29H33N5O2S. The Bertz CT molecular complexity index is 1270. The van der Waals surface area contributed by atoms with Crippen LogP contribution in [0, 0.1) is 23.7 Å². The van der Waals surface area contributed by atoms with Gasteiger partial charge in [0.15, 0.2) is 5.17 Å². The van der Waals surface area contributed by atoms with E-state index < -0.39 is 0 Å². The Balaban J connectivity index is 1.21. The lowest BCUT2D eigenvalue weighted by atomic mass is 9.48. The third-order valence-corrected chi connectivity index (χ3v) is 10.4. The summed E-state index contributed by atoms with van der Waals surface area (Å²) in [7, 11) is 0. The predicted molar refractivity (Wildman–Crippen MR) is 145 cm³/mol. The van der Waals surface area contributed by atoms with Crippen LogP contribution in [0.2, 0.25) is 0 Å². The van der Waals surface area contributed by atoms with E-state index in [2.05, 4.69) is 28.2 Å². The first-order valence-corrected chi connectivity index (χ1v) is 14.5. The Hall–Kier alpha value is -2.87. The maximum absolute atomic E-state index is 13.0. The smallest absolute Gasteiger partial charge is 0.286 e. The first-order valence-electron chi connectivity index (χ1n) is 13.7. The number of thioether (sulfide) groups is 1. The van der Waals surface area contributed by atoms with Crippen LogP contribution in [0.4, 0.5) is 0 Å². The number of nitrogens with two attached hydrogens (primary N) is 1. The molecule has 0 radical (unpaired) electrons. The molecule has 1 aromatic carbocycles. The Morgan fingerprint density at radius 1 is 1.03 bits per heavy atom. The monoisotopic (exact) mass is 515 g/mol. The van der Waals surface area contributed by atoms with Gasteiger partial charge in [0, 0.05) is 36.2 Å². The number of benzene rings is 1. The fraction of sp³-hybridized carbons (Fsp3) is 0.517. The van der Waals surface area contributed by atoms with Crippen molar-refractivity contribution < 1.29 is 9.59 Å². The highest BCUT2D eigenvalue weighted by atomic mass is 32.2. The van der Waals surface area contributed by atoms with Gasteiger partial charge in [-0.25, -0.2) is 4.68 Å². The van der Waals surface area contributed by atoms with Gasteiger partial charge < -0.3 is 10.6 Å². The minimum atomic E-state index is -0.232.